The van der Waals surface area contributed by atoms with Crippen molar-refractivity contribution in [2.24, 2.45) is 0 Å². The highest BCUT2D eigenvalue weighted by molar-refractivity contribution is 7.14. The zero-order valence-electron chi connectivity index (χ0n) is 13.8. The molecule has 128 valence electrons. The summed E-state index contributed by atoms with van der Waals surface area (Å²) in [7, 11) is 0. The normalized spacial score (nSPS) is 17.8. The van der Waals surface area contributed by atoms with E-state index >= 15 is 0 Å². The van der Waals surface area contributed by atoms with Crippen molar-refractivity contribution in [3.63, 3.8) is 0 Å². The lowest BCUT2D eigenvalue weighted by Gasteiger charge is -2.34. The molecule has 0 spiro atoms. The van der Waals surface area contributed by atoms with Crippen molar-refractivity contribution in [3.05, 3.63) is 40.7 Å². The smallest absolute Gasteiger partial charge is 0.269 e. The van der Waals surface area contributed by atoms with Gasteiger partial charge in [0.05, 0.1) is 4.92 Å². The molecule has 1 saturated heterocycles. The van der Waals surface area contributed by atoms with E-state index in [0.29, 0.717) is 6.04 Å². The second-order valence-corrected chi connectivity index (χ2v) is 7.02. The topological polar surface area (TPSA) is 85.0 Å². The Morgan fingerprint density at radius 3 is 2.76 bits per heavy atom. The fourth-order valence-electron chi connectivity index (χ4n) is 3.30. The van der Waals surface area contributed by atoms with E-state index in [1.807, 2.05) is 0 Å². The van der Waals surface area contributed by atoms with E-state index in [1.165, 1.54) is 42.9 Å². The Bertz CT molecular complexity index is 924. The van der Waals surface area contributed by atoms with E-state index in [2.05, 4.69) is 26.2 Å². The number of piperidine rings is 1. The van der Waals surface area contributed by atoms with Gasteiger partial charge in [0.1, 0.15) is 22.2 Å². The van der Waals surface area contributed by atoms with Crippen molar-refractivity contribution < 1.29 is 4.92 Å². The molecule has 4 rings (SSSR count). The molecule has 0 aliphatic carbocycles. The molecule has 3 aromatic rings. The van der Waals surface area contributed by atoms with Gasteiger partial charge in [0.15, 0.2) is 5.82 Å². The number of benzene rings is 1. The number of anilines is 1. The summed E-state index contributed by atoms with van der Waals surface area (Å²) >= 11 is 1.39. The molecule has 3 heterocycles. The van der Waals surface area contributed by atoms with E-state index in [0.717, 1.165) is 33.8 Å². The van der Waals surface area contributed by atoms with Crippen LogP contribution in [0.25, 0.3) is 21.5 Å². The first-order valence-corrected chi connectivity index (χ1v) is 9.04. The minimum absolute atomic E-state index is 0.0701. The molecule has 8 heteroatoms. The molecule has 0 radical (unpaired) electrons. The molecule has 1 fully saturated rings. The summed E-state index contributed by atoms with van der Waals surface area (Å²) in [5.74, 6) is 0.947. The summed E-state index contributed by atoms with van der Waals surface area (Å²) in [6, 6.07) is 6.89. The molecule has 1 aliphatic heterocycles. The number of hydrogen-bond donors (Lipinski definition) is 0. The summed E-state index contributed by atoms with van der Waals surface area (Å²) in [5.41, 5.74) is 2.46. The van der Waals surface area contributed by atoms with Gasteiger partial charge in [-0.05, 0) is 49.9 Å². The number of aromatic nitrogens is 3. The predicted molar refractivity (Wildman–Crippen MR) is 98.0 cm³/mol. The maximum Gasteiger partial charge on any atom is 0.269 e. The number of nitro groups is 1. The molecular weight excluding hydrogens is 338 g/mol. The van der Waals surface area contributed by atoms with Gasteiger partial charge in [-0.25, -0.2) is 9.97 Å². The lowest BCUT2D eigenvalue weighted by molar-refractivity contribution is -0.384. The van der Waals surface area contributed by atoms with Crippen molar-refractivity contribution in [2.45, 2.75) is 32.2 Å². The minimum Gasteiger partial charge on any atom is -0.353 e. The van der Waals surface area contributed by atoms with Crippen LogP contribution in [0, 0.1) is 10.1 Å². The first-order chi connectivity index (χ1) is 12.1. The number of hydrogen-bond acceptors (Lipinski definition) is 7. The van der Waals surface area contributed by atoms with Crippen molar-refractivity contribution >= 4 is 33.3 Å². The van der Waals surface area contributed by atoms with Gasteiger partial charge in [0.25, 0.3) is 5.69 Å². The number of nitro benzene ring substituents is 1. The predicted octanol–water partition coefficient (Wildman–Crippen LogP) is 4.04. The van der Waals surface area contributed by atoms with Crippen molar-refractivity contribution in [1.82, 2.24) is 14.3 Å². The molecule has 0 saturated carbocycles. The zero-order chi connectivity index (χ0) is 17.4. The molecule has 0 bridgehead atoms. The standard InChI is InChI=1S/C17H17N5O2S/c1-11-4-2-3-9-21(11)17-16-15(18-10-19-17)14(20-25-16)12-5-7-13(8-6-12)22(23)24/h5-8,10-11H,2-4,9H2,1H3/t11-/m0/s1. The van der Waals surface area contributed by atoms with Gasteiger partial charge in [-0.1, -0.05) is 0 Å². The third kappa shape index (κ3) is 2.82. The highest BCUT2D eigenvalue weighted by Crippen LogP contribution is 2.36. The molecule has 1 aliphatic rings. The number of non-ortho nitro benzene ring substituents is 1. The van der Waals surface area contributed by atoms with Gasteiger partial charge in [-0.15, -0.1) is 0 Å². The maximum atomic E-state index is 10.8. The van der Waals surface area contributed by atoms with Crippen LogP contribution in [0.4, 0.5) is 11.5 Å². The van der Waals surface area contributed by atoms with Crippen LogP contribution in [0.5, 0.6) is 0 Å². The van der Waals surface area contributed by atoms with Gasteiger partial charge in [0, 0.05) is 30.3 Å². The lowest BCUT2D eigenvalue weighted by atomic mass is 10.0. The monoisotopic (exact) mass is 355 g/mol. The molecular formula is C17H17N5O2S. The average molecular weight is 355 g/mol. The number of nitrogens with zero attached hydrogens (tertiary/aromatic N) is 5. The lowest BCUT2D eigenvalue weighted by Crippen LogP contribution is -2.38. The second-order valence-electron chi connectivity index (χ2n) is 6.25. The van der Waals surface area contributed by atoms with Crippen molar-refractivity contribution in [3.8, 4) is 11.3 Å². The first-order valence-electron chi connectivity index (χ1n) is 8.27. The molecule has 25 heavy (non-hydrogen) atoms. The van der Waals surface area contributed by atoms with Crippen molar-refractivity contribution in [2.75, 3.05) is 11.4 Å². The van der Waals surface area contributed by atoms with E-state index in [4.69, 9.17) is 0 Å². The average Bonchev–Trinajstić information content (AvgIpc) is 3.06. The maximum absolute atomic E-state index is 10.8. The summed E-state index contributed by atoms with van der Waals surface area (Å²) in [4.78, 5) is 21.7. The molecule has 7 nitrogen and oxygen atoms in total. The fraction of sp³-hybridized carbons (Fsp3) is 0.353. The van der Waals surface area contributed by atoms with Gasteiger partial charge in [-0.2, -0.15) is 4.37 Å². The third-order valence-electron chi connectivity index (χ3n) is 4.66. The molecule has 2 aromatic heterocycles. The second kappa shape index (κ2) is 6.36. The SMILES string of the molecule is C[C@H]1CCCCN1c1ncnc2c(-c3ccc([N+](=O)[O-])cc3)nsc12. The van der Waals surface area contributed by atoms with Gasteiger partial charge >= 0.3 is 0 Å². The molecule has 1 atom stereocenters. The highest BCUT2D eigenvalue weighted by Gasteiger charge is 2.24. The summed E-state index contributed by atoms with van der Waals surface area (Å²) in [6.45, 7) is 3.23. The molecule has 0 N–H and O–H groups in total. The fourth-order valence-corrected chi connectivity index (χ4v) is 4.16. The molecule has 0 unspecified atom stereocenters. The Labute approximate surface area is 148 Å². The van der Waals surface area contributed by atoms with Crippen LogP contribution in [0.2, 0.25) is 0 Å². The quantitative estimate of drug-likeness (QED) is 0.521. The number of fused-ring (bicyclic) bond motifs is 1. The van der Waals surface area contributed by atoms with Crippen LogP contribution in [-0.4, -0.2) is 31.9 Å². The third-order valence-corrected chi connectivity index (χ3v) is 5.50. The van der Waals surface area contributed by atoms with Crippen LogP contribution in [-0.2, 0) is 0 Å². The Balaban J connectivity index is 1.77. The highest BCUT2D eigenvalue weighted by atomic mass is 32.1. The van der Waals surface area contributed by atoms with E-state index in [-0.39, 0.29) is 5.69 Å². The summed E-state index contributed by atoms with van der Waals surface area (Å²) in [5, 5.41) is 10.8. The zero-order valence-corrected chi connectivity index (χ0v) is 14.6. The number of rotatable bonds is 3. The first kappa shape index (κ1) is 15.9. The Morgan fingerprint density at radius 2 is 2.04 bits per heavy atom. The van der Waals surface area contributed by atoms with Crippen molar-refractivity contribution in [1.29, 1.82) is 0 Å². The van der Waals surface area contributed by atoms with Gasteiger partial charge < -0.3 is 4.90 Å². The summed E-state index contributed by atoms with van der Waals surface area (Å²) in [6.07, 6.45) is 5.17. The Hall–Kier alpha value is -2.61. The van der Waals surface area contributed by atoms with Crippen LogP contribution >= 0.6 is 11.5 Å². The van der Waals surface area contributed by atoms with Gasteiger partial charge in [0.2, 0.25) is 0 Å². The van der Waals surface area contributed by atoms with E-state index in [9.17, 15) is 10.1 Å². The largest absolute Gasteiger partial charge is 0.353 e. The van der Waals surface area contributed by atoms with E-state index < -0.39 is 4.92 Å². The molecule has 0 amide bonds. The Morgan fingerprint density at radius 1 is 1.24 bits per heavy atom. The Kier molecular flexibility index (Phi) is 4.04. The van der Waals surface area contributed by atoms with Crippen LogP contribution < -0.4 is 4.90 Å². The van der Waals surface area contributed by atoms with Crippen LogP contribution in [0.3, 0.4) is 0 Å². The van der Waals surface area contributed by atoms with Crippen LogP contribution in [0.15, 0.2) is 30.6 Å². The summed E-state index contributed by atoms with van der Waals surface area (Å²) < 4.78 is 5.54. The van der Waals surface area contributed by atoms with Gasteiger partial charge in [-0.3, -0.25) is 10.1 Å². The van der Waals surface area contributed by atoms with Crippen LogP contribution in [0.1, 0.15) is 26.2 Å². The van der Waals surface area contributed by atoms with E-state index in [1.54, 1.807) is 18.5 Å². The molecule has 1 aromatic carbocycles. The minimum atomic E-state index is -0.402.